The van der Waals surface area contributed by atoms with Gasteiger partial charge in [0.05, 0.1) is 5.69 Å². The Morgan fingerprint density at radius 3 is 2.44 bits per heavy atom. The predicted octanol–water partition coefficient (Wildman–Crippen LogP) is 1.45. The van der Waals surface area contributed by atoms with Crippen LogP contribution in [0.15, 0.2) is 0 Å². The van der Waals surface area contributed by atoms with E-state index in [0.29, 0.717) is 32.2 Å². The molecule has 7 heteroatoms. The Morgan fingerprint density at radius 1 is 1.28 bits per heavy atom. The lowest BCUT2D eigenvalue weighted by molar-refractivity contribution is -0.149. The number of nitrogens with zero attached hydrogens (tertiary/aromatic N) is 4. The van der Waals surface area contributed by atoms with E-state index in [0.717, 1.165) is 17.9 Å². The highest BCUT2D eigenvalue weighted by molar-refractivity contribution is 5.80. The van der Waals surface area contributed by atoms with E-state index < -0.39 is 11.4 Å². The molecule has 25 heavy (non-hydrogen) atoms. The zero-order valence-electron chi connectivity index (χ0n) is 15.7. The zero-order valence-corrected chi connectivity index (χ0v) is 15.7. The van der Waals surface area contributed by atoms with E-state index in [1.165, 1.54) is 12.5 Å². The SMILES string of the molecule is CC(=O)N1C[C@H]2CN(Cc3c(C)nn(C(C)C)c3C)C[C@@]2(C(=O)O)C1. The minimum atomic E-state index is -0.832. The van der Waals surface area contributed by atoms with Crippen molar-refractivity contribution in [3.63, 3.8) is 0 Å². The number of aromatic nitrogens is 2. The molecule has 2 saturated heterocycles. The van der Waals surface area contributed by atoms with Crippen molar-refractivity contribution in [2.24, 2.45) is 11.3 Å². The lowest BCUT2D eigenvalue weighted by atomic mass is 9.81. The third kappa shape index (κ3) is 2.84. The lowest BCUT2D eigenvalue weighted by Gasteiger charge is -2.25. The van der Waals surface area contributed by atoms with Crippen LogP contribution in [0, 0.1) is 25.2 Å². The third-order valence-electron chi connectivity index (χ3n) is 5.90. The van der Waals surface area contributed by atoms with Crippen LogP contribution < -0.4 is 0 Å². The summed E-state index contributed by atoms with van der Waals surface area (Å²) < 4.78 is 2.03. The van der Waals surface area contributed by atoms with Crippen LogP contribution in [-0.2, 0) is 16.1 Å². The van der Waals surface area contributed by atoms with Gasteiger partial charge < -0.3 is 10.0 Å². The molecule has 0 unspecified atom stereocenters. The van der Waals surface area contributed by atoms with Gasteiger partial charge in [0.2, 0.25) is 5.91 Å². The smallest absolute Gasteiger partial charge is 0.313 e. The maximum Gasteiger partial charge on any atom is 0.313 e. The van der Waals surface area contributed by atoms with Crippen LogP contribution in [0.4, 0.5) is 0 Å². The van der Waals surface area contributed by atoms with Crippen LogP contribution in [0.25, 0.3) is 0 Å². The summed E-state index contributed by atoms with van der Waals surface area (Å²) in [7, 11) is 0. The topological polar surface area (TPSA) is 78.7 Å². The number of fused-ring (bicyclic) bond motifs is 1. The van der Waals surface area contributed by atoms with Crippen LogP contribution in [-0.4, -0.2) is 62.7 Å². The maximum atomic E-state index is 12.0. The first kappa shape index (κ1) is 17.9. The fourth-order valence-corrected chi connectivity index (χ4v) is 4.48. The van der Waals surface area contributed by atoms with Crippen molar-refractivity contribution in [2.75, 3.05) is 26.2 Å². The minimum Gasteiger partial charge on any atom is -0.481 e. The summed E-state index contributed by atoms with van der Waals surface area (Å²) in [6, 6.07) is 0.305. The Labute approximate surface area is 148 Å². The van der Waals surface area contributed by atoms with Gasteiger partial charge in [0.25, 0.3) is 0 Å². The molecule has 3 heterocycles. The van der Waals surface area contributed by atoms with Gasteiger partial charge >= 0.3 is 5.97 Å². The molecule has 138 valence electrons. The Hall–Kier alpha value is -1.89. The first-order chi connectivity index (χ1) is 11.7. The Bertz CT molecular complexity index is 711. The van der Waals surface area contributed by atoms with E-state index in [2.05, 4.69) is 30.8 Å². The largest absolute Gasteiger partial charge is 0.481 e. The number of likely N-dealkylation sites (tertiary alicyclic amines) is 2. The van der Waals surface area contributed by atoms with Gasteiger partial charge in [0.15, 0.2) is 0 Å². The van der Waals surface area contributed by atoms with Crippen molar-refractivity contribution in [1.82, 2.24) is 19.6 Å². The summed E-state index contributed by atoms with van der Waals surface area (Å²) in [4.78, 5) is 27.6. The van der Waals surface area contributed by atoms with Crippen molar-refractivity contribution in [1.29, 1.82) is 0 Å². The van der Waals surface area contributed by atoms with Crippen LogP contribution in [0.1, 0.15) is 43.8 Å². The Balaban J connectivity index is 1.80. The molecule has 0 bridgehead atoms. The van der Waals surface area contributed by atoms with Crippen molar-refractivity contribution >= 4 is 11.9 Å². The standard InChI is InChI=1S/C18H28N4O3/c1-11(2)22-13(4)16(12(3)19-22)8-20-6-15-7-21(14(5)23)10-18(15,9-20)17(24)25/h11,15H,6-10H2,1-5H3,(H,24,25)/t15-,18-/m1/s1. The van der Waals surface area contributed by atoms with Crippen molar-refractivity contribution in [3.8, 4) is 0 Å². The second kappa shape index (κ2) is 6.12. The van der Waals surface area contributed by atoms with Gasteiger partial charge in [-0.2, -0.15) is 5.10 Å². The van der Waals surface area contributed by atoms with E-state index in [4.69, 9.17) is 0 Å². The fourth-order valence-electron chi connectivity index (χ4n) is 4.48. The number of aryl methyl sites for hydroxylation is 1. The summed E-state index contributed by atoms with van der Waals surface area (Å²) in [5.41, 5.74) is 2.52. The van der Waals surface area contributed by atoms with Gasteiger partial charge in [-0.15, -0.1) is 0 Å². The molecule has 0 spiro atoms. The van der Waals surface area contributed by atoms with E-state index in [9.17, 15) is 14.7 Å². The number of carboxylic acid groups (broad SMARTS) is 1. The van der Waals surface area contributed by atoms with Crippen LogP contribution in [0.5, 0.6) is 0 Å². The number of aliphatic carboxylic acids is 1. The lowest BCUT2D eigenvalue weighted by Crippen LogP contribution is -2.41. The highest BCUT2D eigenvalue weighted by Gasteiger charge is 2.58. The quantitative estimate of drug-likeness (QED) is 0.891. The van der Waals surface area contributed by atoms with Gasteiger partial charge in [-0.1, -0.05) is 0 Å². The van der Waals surface area contributed by atoms with E-state index >= 15 is 0 Å². The maximum absolute atomic E-state index is 12.0. The van der Waals surface area contributed by atoms with Crippen molar-refractivity contribution < 1.29 is 14.7 Å². The number of carboxylic acids is 1. The summed E-state index contributed by atoms with van der Waals surface area (Å²) >= 11 is 0. The van der Waals surface area contributed by atoms with E-state index in [1.807, 2.05) is 11.6 Å². The molecule has 0 saturated carbocycles. The summed E-state index contributed by atoms with van der Waals surface area (Å²) in [5.74, 6) is -0.823. The number of rotatable bonds is 4. The first-order valence-corrected chi connectivity index (χ1v) is 8.91. The van der Waals surface area contributed by atoms with Crippen LogP contribution in [0.2, 0.25) is 0 Å². The number of hydrogen-bond acceptors (Lipinski definition) is 4. The van der Waals surface area contributed by atoms with Crippen LogP contribution >= 0.6 is 0 Å². The second-order valence-electron chi connectivity index (χ2n) is 7.92. The van der Waals surface area contributed by atoms with Gasteiger partial charge in [0, 0.05) is 62.9 Å². The van der Waals surface area contributed by atoms with E-state index in [-0.39, 0.29) is 11.8 Å². The molecule has 1 aromatic rings. The third-order valence-corrected chi connectivity index (χ3v) is 5.90. The molecule has 3 rings (SSSR count). The summed E-state index contributed by atoms with van der Waals surface area (Å²) in [5, 5.41) is 14.5. The number of carbonyl (C=O) groups is 2. The van der Waals surface area contributed by atoms with Gasteiger partial charge in [-0.05, 0) is 27.7 Å². The highest BCUT2D eigenvalue weighted by Crippen LogP contribution is 2.43. The number of carbonyl (C=O) groups excluding carboxylic acids is 1. The molecule has 7 nitrogen and oxygen atoms in total. The predicted molar refractivity (Wildman–Crippen MR) is 93.2 cm³/mol. The molecular formula is C18H28N4O3. The average molecular weight is 348 g/mol. The molecule has 2 aliphatic rings. The van der Waals surface area contributed by atoms with Crippen LogP contribution in [0.3, 0.4) is 0 Å². The van der Waals surface area contributed by atoms with E-state index in [1.54, 1.807) is 4.90 Å². The van der Waals surface area contributed by atoms with Crippen molar-refractivity contribution in [3.05, 3.63) is 17.0 Å². The number of amides is 1. The molecule has 0 aromatic carbocycles. The molecule has 1 N–H and O–H groups in total. The van der Waals surface area contributed by atoms with Crippen molar-refractivity contribution in [2.45, 2.75) is 47.2 Å². The van der Waals surface area contributed by atoms with Gasteiger partial charge in [-0.3, -0.25) is 19.2 Å². The normalized spacial score (nSPS) is 26.5. The monoisotopic (exact) mass is 348 g/mol. The summed E-state index contributed by atoms with van der Waals surface area (Å²) in [6.45, 7) is 12.6. The fraction of sp³-hybridized carbons (Fsp3) is 0.722. The zero-order chi connectivity index (χ0) is 18.5. The molecule has 0 radical (unpaired) electrons. The number of hydrogen-bond donors (Lipinski definition) is 1. The average Bonchev–Trinajstić information content (AvgIpc) is 3.11. The highest BCUT2D eigenvalue weighted by atomic mass is 16.4. The molecule has 2 aliphatic heterocycles. The minimum absolute atomic E-state index is 0.00495. The molecule has 0 aliphatic carbocycles. The summed E-state index contributed by atoms with van der Waals surface area (Å²) in [6.07, 6.45) is 0. The van der Waals surface area contributed by atoms with Gasteiger partial charge in [-0.25, -0.2) is 0 Å². The first-order valence-electron chi connectivity index (χ1n) is 8.91. The molecule has 2 fully saturated rings. The Kier molecular flexibility index (Phi) is 4.39. The molecule has 1 aromatic heterocycles. The molecule has 2 atom stereocenters. The molecule has 1 amide bonds. The second-order valence-corrected chi connectivity index (χ2v) is 7.92. The molecular weight excluding hydrogens is 320 g/mol. The Morgan fingerprint density at radius 2 is 1.96 bits per heavy atom. The van der Waals surface area contributed by atoms with Gasteiger partial charge in [0.1, 0.15) is 5.41 Å².